The van der Waals surface area contributed by atoms with Crippen molar-refractivity contribution in [3.63, 3.8) is 0 Å². The van der Waals surface area contributed by atoms with E-state index in [0.29, 0.717) is 0 Å². The lowest BCUT2D eigenvalue weighted by molar-refractivity contribution is -0.141. The van der Waals surface area contributed by atoms with Crippen LogP contribution in [0.25, 0.3) is 0 Å². The van der Waals surface area contributed by atoms with E-state index in [9.17, 15) is 9.90 Å². The third-order valence-corrected chi connectivity index (χ3v) is 5.61. The Hall–Kier alpha value is -0.790. The maximum Gasteiger partial charge on any atom is 0.310 e. The largest absolute Gasteiger partial charge is 0.481 e. The van der Waals surface area contributed by atoms with Crippen LogP contribution in [0, 0.1) is 29.1 Å². The van der Waals surface area contributed by atoms with Gasteiger partial charge in [0.05, 0.1) is 5.92 Å². The minimum atomic E-state index is -0.703. The van der Waals surface area contributed by atoms with Gasteiger partial charge in [-0.05, 0) is 68.6 Å². The second-order valence-electron chi connectivity index (χ2n) is 6.78. The highest BCUT2D eigenvalue weighted by atomic mass is 16.4. The van der Waals surface area contributed by atoms with Gasteiger partial charge in [0.25, 0.3) is 0 Å². The van der Waals surface area contributed by atoms with Crippen LogP contribution < -0.4 is 0 Å². The Morgan fingerprint density at radius 1 is 1.18 bits per heavy atom. The molecule has 4 aliphatic rings. The molecule has 4 rings (SSSR count). The highest BCUT2D eigenvalue weighted by molar-refractivity contribution is 5.73. The minimum absolute atomic E-state index is 0.187. The van der Waals surface area contributed by atoms with E-state index < -0.39 is 5.97 Å². The van der Waals surface area contributed by atoms with E-state index in [1.165, 1.54) is 38.5 Å². The maximum absolute atomic E-state index is 11.2. The second-order valence-corrected chi connectivity index (χ2v) is 6.78. The van der Waals surface area contributed by atoms with E-state index in [0.717, 1.165) is 23.3 Å². The summed E-state index contributed by atoms with van der Waals surface area (Å²) >= 11 is 0. The molecule has 4 bridgehead atoms. The van der Waals surface area contributed by atoms with Crippen LogP contribution in [-0.2, 0) is 4.79 Å². The predicted molar refractivity (Wildman–Crippen MR) is 66.5 cm³/mol. The first kappa shape index (κ1) is 11.3. The Labute approximate surface area is 103 Å². The third kappa shape index (κ3) is 1.64. The molecule has 2 heteroatoms. The van der Waals surface area contributed by atoms with Gasteiger partial charge in [-0.15, -0.1) is 0 Å². The summed E-state index contributed by atoms with van der Waals surface area (Å²) in [6.45, 7) is 5.99. The van der Waals surface area contributed by atoms with Gasteiger partial charge in [0, 0.05) is 0 Å². The van der Waals surface area contributed by atoms with Crippen molar-refractivity contribution in [1.82, 2.24) is 0 Å². The molecule has 2 nitrogen and oxygen atoms in total. The standard InChI is InChI=1S/C15H22O2/c1-9(14(16)17)10(2)15-6-11-3-12(7-15)5-13(4-11)8-15/h9,11-13H,2-8H2,1H3,(H,16,17). The van der Waals surface area contributed by atoms with Crippen molar-refractivity contribution in [2.45, 2.75) is 45.4 Å². The average molecular weight is 234 g/mol. The lowest BCUT2D eigenvalue weighted by Gasteiger charge is -2.58. The summed E-state index contributed by atoms with van der Waals surface area (Å²) in [5.41, 5.74) is 1.20. The lowest BCUT2D eigenvalue weighted by Crippen LogP contribution is -2.48. The summed E-state index contributed by atoms with van der Waals surface area (Å²) in [5.74, 6) is 1.51. The Balaban J connectivity index is 1.86. The second kappa shape index (κ2) is 3.60. The van der Waals surface area contributed by atoms with Crippen LogP contribution >= 0.6 is 0 Å². The Morgan fingerprint density at radius 2 is 1.59 bits per heavy atom. The first-order valence-electron chi connectivity index (χ1n) is 6.92. The fourth-order valence-corrected chi connectivity index (χ4v) is 5.11. The topological polar surface area (TPSA) is 37.3 Å². The summed E-state index contributed by atoms with van der Waals surface area (Å²) in [5, 5.41) is 9.19. The van der Waals surface area contributed by atoms with E-state index in [1.807, 2.05) is 6.92 Å². The highest BCUT2D eigenvalue weighted by Gasteiger charge is 2.53. The zero-order valence-electron chi connectivity index (χ0n) is 10.6. The Morgan fingerprint density at radius 3 is 1.94 bits per heavy atom. The van der Waals surface area contributed by atoms with Crippen LogP contribution in [0.4, 0.5) is 0 Å². The van der Waals surface area contributed by atoms with E-state index in [1.54, 1.807) is 0 Å². The van der Waals surface area contributed by atoms with Crippen LogP contribution in [0.5, 0.6) is 0 Å². The molecule has 4 fully saturated rings. The molecular formula is C15H22O2. The highest BCUT2D eigenvalue weighted by Crippen LogP contribution is 2.63. The van der Waals surface area contributed by atoms with E-state index in [2.05, 4.69) is 6.58 Å². The van der Waals surface area contributed by atoms with Crippen molar-refractivity contribution in [3.8, 4) is 0 Å². The summed E-state index contributed by atoms with van der Waals surface area (Å²) in [4.78, 5) is 11.2. The fraction of sp³-hybridized carbons (Fsp3) is 0.800. The number of carbonyl (C=O) groups is 1. The molecule has 0 aromatic heterocycles. The maximum atomic E-state index is 11.2. The molecule has 0 heterocycles. The molecule has 1 N–H and O–H groups in total. The monoisotopic (exact) mass is 234 g/mol. The summed E-state index contributed by atoms with van der Waals surface area (Å²) < 4.78 is 0. The van der Waals surface area contributed by atoms with Gasteiger partial charge in [0.15, 0.2) is 0 Å². The van der Waals surface area contributed by atoms with Gasteiger partial charge >= 0.3 is 5.97 Å². The van der Waals surface area contributed by atoms with Crippen LogP contribution in [0.3, 0.4) is 0 Å². The molecule has 1 atom stereocenters. The first-order chi connectivity index (χ1) is 8.00. The number of carboxylic acid groups (broad SMARTS) is 1. The normalized spacial score (nSPS) is 44.6. The SMILES string of the molecule is C=C(C(C)C(=O)O)C12CC3CC(CC(C3)C1)C2. The van der Waals surface area contributed by atoms with Crippen molar-refractivity contribution in [1.29, 1.82) is 0 Å². The first-order valence-corrected chi connectivity index (χ1v) is 6.92. The number of hydrogen-bond acceptors (Lipinski definition) is 1. The number of carboxylic acids is 1. The molecule has 0 spiro atoms. The van der Waals surface area contributed by atoms with Gasteiger partial charge in [-0.2, -0.15) is 0 Å². The van der Waals surface area contributed by atoms with E-state index in [-0.39, 0.29) is 11.3 Å². The molecular weight excluding hydrogens is 212 g/mol. The summed E-state index contributed by atoms with van der Waals surface area (Å²) in [6.07, 6.45) is 7.84. The molecule has 0 saturated heterocycles. The molecule has 94 valence electrons. The van der Waals surface area contributed by atoms with E-state index >= 15 is 0 Å². The number of aliphatic carboxylic acids is 1. The quantitative estimate of drug-likeness (QED) is 0.759. The molecule has 0 amide bonds. The van der Waals surface area contributed by atoms with Gasteiger partial charge in [0.2, 0.25) is 0 Å². The average Bonchev–Trinajstić information content (AvgIpc) is 2.25. The van der Waals surface area contributed by atoms with Gasteiger partial charge in [-0.3, -0.25) is 4.79 Å². The van der Waals surface area contributed by atoms with Crippen LogP contribution in [0.2, 0.25) is 0 Å². The van der Waals surface area contributed by atoms with Crippen molar-refractivity contribution in [2.75, 3.05) is 0 Å². The third-order valence-electron chi connectivity index (χ3n) is 5.61. The van der Waals surface area contributed by atoms with Crippen molar-refractivity contribution in [3.05, 3.63) is 12.2 Å². The smallest absolute Gasteiger partial charge is 0.310 e. The molecule has 0 aromatic carbocycles. The van der Waals surface area contributed by atoms with Crippen LogP contribution in [0.1, 0.15) is 45.4 Å². The molecule has 4 saturated carbocycles. The van der Waals surface area contributed by atoms with Crippen molar-refractivity contribution >= 4 is 5.97 Å². The van der Waals surface area contributed by atoms with Crippen molar-refractivity contribution < 1.29 is 9.90 Å². The van der Waals surface area contributed by atoms with Crippen molar-refractivity contribution in [2.24, 2.45) is 29.1 Å². The fourth-order valence-electron chi connectivity index (χ4n) is 5.11. The molecule has 1 unspecified atom stereocenters. The van der Waals surface area contributed by atoms with E-state index in [4.69, 9.17) is 0 Å². The summed E-state index contributed by atoms with van der Waals surface area (Å²) in [6, 6.07) is 0. The minimum Gasteiger partial charge on any atom is -0.481 e. The van der Waals surface area contributed by atoms with Gasteiger partial charge in [-0.25, -0.2) is 0 Å². The zero-order valence-corrected chi connectivity index (χ0v) is 10.6. The molecule has 4 aliphatic carbocycles. The lowest BCUT2D eigenvalue weighted by atomic mass is 9.47. The van der Waals surface area contributed by atoms with Crippen LogP contribution in [-0.4, -0.2) is 11.1 Å². The van der Waals surface area contributed by atoms with Crippen LogP contribution in [0.15, 0.2) is 12.2 Å². The van der Waals surface area contributed by atoms with Gasteiger partial charge in [-0.1, -0.05) is 12.2 Å². The Kier molecular flexibility index (Phi) is 2.39. The predicted octanol–water partition coefficient (Wildman–Crippen LogP) is 3.48. The summed E-state index contributed by atoms with van der Waals surface area (Å²) in [7, 11) is 0. The molecule has 0 radical (unpaired) electrons. The molecule has 0 aromatic rings. The van der Waals surface area contributed by atoms with Gasteiger partial charge in [0.1, 0.15) is 0 Å². The molecule has 0 aliphatic heterocycles. The Bertz CT molecular complexity index is 334. The number of hydrogen-bond donors (Lipinski definition) is 1. The number of rotatable bonds is 3. The molecule has 17 heavy (non-hydrogen) atoms. The zero-order chi connectivity index (χ0) is 12.2. The van der Waals surface area contributed by atoms with Gasteiger partial charge < -0.3 is 5.11 Å².